The molecule has 21 heavy (non-hydrogen) atoms. The normalized spacial score (nSPS) is 13.0. The van der Waals surface area contributed by atoms with E-state index in [4.69, 9.17) is 9.47 Å². The quantitative estimate of drug-likeness (QED) is 0.677. The van der Waals surface area contributed by atoms with Crippen molar-refractivity contribution in [3.63, 3.8) is 0 Å². The Morgan fingerprint density at radius 1 is 1.24 bits per heavy atom. The maximum atomic E-state index is 5.47. The minimum Gasteiger partial charge on any atom is -0.497 e. The lowest BCUT2D eigenvalue weighted by Crippen LogP contribution is -2.07. The van der Waals surface area contributed by atoms with Crippen molar-refractivity contribution < 1.29 is 9.47 Å². The zero-order valence-corrected chi connectivity index (χ0v) is 12.9. The van der Waals surface area contributed by atoms with Crippen molar-refractivity contribution >= 4 is 17.6 Å². The molecule has 1 aliphatic rings. The molecule has 0 aliphatic carbocycles. The van der Waals surface area contributed by atoms with Crippen molar-refractivity contribution in [2.45, 2.75) is 24.9 Å². The van der Waals surface area contributed by atoms with Crippen LogP contribution in [0.25, 0.3) is 0 Å². The summed E-state index contributed by atoms with van der Waals surface area (Å²) in [6, 6.07) is 7.99. The van der Waals surface area contributed by atoms with Crippen LogP contribution in [-0.2, 0) is 24.5 Å². The van der Waals surface area contributed by atoms with E-state index < -0.39 is 0 Å². The molecule has 0 spiro atoms. The van der Waals surface area contributed by atoms with Gasteiger partial charge in [-0.1, -0.05) is 23.9 Å². The predicted octanol–water partition coefficient (Wildman–Crippen LogP) is 2.85. The molecule has 0 saturated heterocycles. The van der Waals surface area contributed by atoms with E-state index in [2.05, 4.69) is 15.3 Å². The van der Waals surface area contributed by atoms with Crippen molar-refractivity contribution in [1.29, 1.82) is 0 Å². The molecule has 3 rings (SSSR count). The number of nitrogens with zero attached hydrogens (tertiary/aromatic N) is 2. The number of ether oxygens (including phenoxy) is 2. The van der Waals surface area contributed by atoms with Gasteiger partial charge in [0.1, 0.15) is 11.6 Å². The van der Waals surface area contributed by atoms with E-state index in [1.165, 1.54) is 5.56 Å². The lowest BCUT2D eigenvalue weighted by atomic mass is 10.2. The highest BCUT2D eigenvalue weighted by Crippen LogP contribution is 2.27. The average Bonchev–Trinajstić information content (AvgIpc) is 3.01. The van der Waals surface area contributed by atoms with E-state index >= 15 is 0 Å². The van der Waals surface area contributed by atoms with E-state index in [1.807, 2.05) is 30.5 Å². The number of thioether (sulfide) groups is 1. The Hall–Kier alpha value is -1.79. The summed E-state index contributed by atoms with van der Waals surface area (Å²) in [4.78, 5) is 9.03. The molecule has 0 bridgehead atoms. The highest BCUT2D eigenvalue weighted by atomic mass is 32.2. The third kappa shape index (κ3) is 3.11. The van der Waals surface area contributed by atoms with Gasteiger partial charge in [-0.25, -0.2) is 9.97 Å². The number of methoxy groups -OCH3 is 1. The molecule has 5 nitrogen and oxygen atoms in total. The topological polar surface area (TPSA) is 56.3 Å². The largest absolute Gasteiger partial charge is 0.497 e. The van der Waals surface area contributed by atoms with Gasteiger partial charge in [0.2, 0.25) is 0 Å². The second-order valence-electron chi connectivity index (χ2n) is 4.68. The second-order valence-corrected chi connectivity index (χ2v) is 5.45. The fourth-order valence-electron chi connectivity index (χ4n) is 2.20. The first-order valence-corrected chi connectivity index (χ1v) is 7.91. The molecule has 0 saturated carbocycles. The van der Waals surface area contributed by atoms with Crippen LogP contribution in [0.4, 0.5) is 5.82 Å². The first kappa shape index (κ1) is 14.2. The molecular weight excluding hydrogens is 286 g/mol. The van der Waals surface area contributed by atoms with Crippen LogP contribution in [0.15, 0.2) is 29.4 Å². The molecule has 0 atom stereocenters. The number of fused-ring (bicyclic) bond motifs is 1. The van der Waals surface area contributed by atoms with Crippen LogP contribution in [0.2, 0.25) is 0 Å². The summed E-state index contributed by atoms with van der Waals surface area (Å²) in [5.74, 6) is 1.73. The number of rotatable bonds is 5. The fraction of sp³-hybridized carbons (Fsp3) is 0.333. The van der Waals surface area contributed by atoms with Crippen molar-refractivity contribution in [2.24, 2.45) is 0 Å². The van der Waals surface area contributed by atoms with Crippen LogP contribution in [0.3, 0.4) is 0 Å². The molecule has 1 aromatic carbocycles. The van der Waals surface area contributed by atoms with Gasteiger partial charge < -0.3 is 14.8 Å². The van der Waals surface area contributed by atoms with Gasteiger partial charge in [0, 0.05) is 12.1 Å². The van der Waals surface area contributed by atoms with E-state index in [1.54, 1.807) is 18.9 Å². The maximum absolute atomic E-state index is 5.47. The van der Waals surface area contributed by atoms with Crippen LogP contribution in [0, 0.1) is 0 Å². The van der Waals surface area contributed by atoms with Gasteiger partial charge in [0.05, 0.1) is 26.0 Å². The Bertz CT molecular complexity index is 632. The van der Waals surface area contributed by atoms with E-state index in [9.17, 15) is 0 Å². The van der Waals surface area contributed by atoms with Gasteiger partial charge in [0.25, 0.3) is 0 Å². The van der Waals surface area contributed by atoms with Gasteiger partial charge in [-0.05, 0) is 24.0 Å². The number of hydrogen-bond acceptors (Lipinski definition) is 6. The smallest absolute Gasteiger partial charge is 0.189 e. The van der Waals surface area contributed by atoms with Crippen LogP contribution in [0.5, 0.6) is 5.75 Å². The molecule has 0 fully saturated rings. The van der Waals surface area contributed by atoms with Crippen molar-refractivity contribution in [3.05, 3.63) is 41.1 Å². The van der Waals surface area contributed by atoms with Crippen LogP contribution >= 0.6 is 11.8 Å². The van der Waals surface area contributed by atoms with Crippen LogP contribution in [0.1, 0.15) is 16.8 Å². The van der Waals surface area contributed by atoms with E-state index in [0.717, 1.165) is 28.0 Å². The third-order valence-corrected chi connectivity index (χ3v) is 3.91. The van der Waals surface area contributed by atoms with Crippen molar-refractivity contribution in [3.8, 4) is 5.75 Å². The molecule has 110 valence electrons. The minimum absolute atomic E-state index is 0.572. The molecule has 0 unspecified atom stereocenters. The molecule has 1 N–H and O–H groups in total. The fourth-order valence-corrected chi connectivity index (χ4v) is 2.58. The average molecular weight is 303 g/mol. The maximum Gasteiger partial charge on any atom is 0.189 e. The number of nitrogens with one attached hydrogen (secondary N) is 1. The Balaban J connectivity index is 1.76. The SMILES string of the molecule is COc1ccc(CNc2nc(SC)nc3c2COC3)cc1. The van der Waals surface area contributed by atoms with Crippen molar-refractivity contribution in [2.75, 3.05) is 18.7 Å². The Labute approximate surface area is 128 Å². The van der Waals surface area contributed by atoms with Crippen LogP contribution < -0.4 is 10.1 Å². The molecule has 1 aromatic heterocycles. The summed E-state index contributed by atoms with van der Waals surface area (Å²) in [5.41, 5.74) is 3.24. The van der Waals surface area contributed by atoms with Gasteiger partial charge in [-0.2, -0.15) is 0 Å². The van der Waals surface area contributed by atoms with Gasteiger partial charge >= 0.3 is 0 Å². The Morgan fingerprint density at radius 2 is 2.05 bits per heavy atom. The number of anilines is 1. The number of aromatic nitrogens is 2. The third-order valence-electron chi connectivity index (χ3n) is 3.36. The Morgan fingerprint density at radius 3 is 2.76 bits per heavy atom. The van der Waals surface area contributed by atoms with Crippen LogP contribution in [-0.4, -0.2) is 23.3 Å². The van der Waals surface area contributed by atoms with Gasteiger partial charge in [0.15, 0.2) is 5.16 Å². The summed E-state index contributed by atoms with van der Waals surface area (Å²) in [6.45, 7) is 1.86. The molecule has 6 heteroatoms. The predicted molar refractivity (Wildman–Crippen MR) is 82.6 cm³/mol. The zero-order valence-electron chi connectivity index (χ0n) is 12.0. The molecule has 1 aliphatic heterocycles. The van der Waals surface area contributed by atoms with Crippen molar-refractivity contribution in [1.82, 2.24) is 9.97 Å². The summed E-state index contributed by atoms with van der Waals surface area (Å²) in [6.07, 6.45) is 1.98. The monoisotopic (exact) mass is 303 g/mol. The summed E-state index contributed by atoms with van der Waals surface area (Å²) in [5, 5.41) is 4.16. The number of benzene rings is 1. The molecule has 2 heterocycles. The standard InChI is InChI=1S/C15H17N3O2S/c1-19-11-5-3-10(4-6-11)7-16-14-12-8-20-9-13(12)17-15(18-14)21-2/h3-6H,7-9H2,1-2H3,(H,16,17,18). The highest BCUT2D eigenvalue weighted by molar-refractivity contribution is 7.98. The molecule has 0 amide bonds. The lowest BCUT2D eigenvalue weighted by molar-refractivity contribution is 0.133. The second kappa shape index (κ2) is 6.32. The van der Waals surface area contributed by atoms with Gasteiger partial charge in [-0.15, -0.1) is 0 Å². The van der Waals surface area contributed by atoms with E-state index in [-0.39, 0.29) is 0 Å². The first-order chi connectivity index (χ1) is 10.3. The summed E-state index contributed by atoms with van der Waals surface area (Å²) >= 11 is 1.54. The molecule has 0 radical (unpaired) electrons. The molecular formula is C15H17N3O2S. The van der Waals surface area contributed by atoms with E-state index in [0.29, 0.717) is 19.8 Å². The minimum atomic E-state index is 0.572. The molecule has 2 aromatic rings. The Kier molecular flexibility index (Phi) is 4.26. The first-order valence-electron chi connectivity index (χ1n) is 6.68. The lowest BCUT2D eigenvalue weighted by Gasteiger charge is -2.11. The van der Waals surface area contributed by atoms with Gasteiger partial charge in [-0.3, -0.25) is 0 Å². The summed E-state index contributed by atoms with van der Waals surface area (Å²) < 4.78 is 10.6. The highest BCUT2D eigenvalue weighted by Gasteiger charge is 2.19. The zero-order chi connectivity index (χ0) is 14.7. The number of hydrogen-bond donors (Lipinski definition) is 1. The summed E-state index contributed by atoms with van der Waals surface area (Å²) in [7, 11) is 1.67.